The number of carbonyl (C=O) groups is 1. The minimum Gasteiger partial charge on any atom is -0.340 e. The van der Waals surface area contributed by atoms with Crippen molar-refractivity contribution in [2.45, 2.75) is 38.8 Å². The third kappa shape index (κ3) is 3.13. The molecule has 4 rings (SSSR count). The fraction of sp³-hybridized carbons (Fsp3) is 0.556. The molecular formula is C18H24N4OS. The van der Waals surface area contributed by atoms with Gasteiger partial charge in [0.05, 0.1) is 12.6 Å². The van der Waals surface area contributed by atoms with E-state index in [0.29, 0.717) is 12.6 Å². The summed E-state index contributed by atoms with van der Waals surface area (Å²) in [6, 6.07) is 2.57. The number of fused-ring (bicyclic) bond motifs is 1. The Kier molecular flexibility index (Phi) is 4.41. The first-order valence-electron chi connectivity index (χ1n) is 8.75. The van der Waals surface area contributed by atoms with Gasteiger partial charge in [0.25, 0.3) is 0 Å². The highest BCUT2D eigenvalue weighted by atomic mass is 32.1. The number of aryl methyl sites for hydroxylation is 1. The van der Waals surface area contributed by atoms with Crippen LogP contribution in [-0.4, -0.2) is 51.4 Å². The van der Waals surface area contributed by atoms with Gasteiger partial charge in [0.1, 0.15) is 5.82 Å². The van der Waals surface area contributed by atoms with Gasteiger partial charge in [0.2, 0.25) is 5.91 Å². The number of hydrogen-bond acceptors (Lipinski definition) is 4. The number of rotatable bonds is 3. The van der Waals surface area contributed by atoms with Crippen LogP contribution in [0.15, 0.2) is 23.8 Å². The highest BCUT2D eigenvalue weighted by Gasteiger charge is 2.27. The lowest BCUT2D eigenvalue weighted by molar-refractivity contribution is -0.134. The molecule has 0 bridgehead atoms. The molecule has 0 aliphatic carbocycles. The number of aromatic nitrogens is 2. The number of amides is 1. The Morgan fingerprint density at radius 3 is 3.17 bits per heavy atom. The molecule has 24 heavy (non-hydrogen) atoms. The van der Waals surface area contributed by atoms with Crippen molar-refractivity contribution < 1.29 is 4.79 Å². The van der Waals surface area contributed by atoms with Crippen LogP contribution in [0.1, 0.15) is 35.1 Å². The van der Waals surface area contributed by atoms with Crippen molar-refractivity contribution in [3.63, 3.8) is 0 Å². The molecule has 1 atom stereocenters. The second kappa shape index (κ2) is 6.69. The van der Waals surface area contributed by atoms with Crippen molar-refractivity contribution in [1.29, 1.82) is 0 Å². The zero-order valence-corrected chi connectivity index (χ0v) is 15.0. The molecule has 2 aromatic rings. The van der Waals surface area contributed by atoms with Crippen molar-refractivity contribution in [3.8, 4) is 0 Å². The van der Waals surface area contributed by atoms with Gasteiger partial charge in [-0.1, -0.05) is 0 Å². The summed E-state index contributed by atoms with van der Waals surface area (Å²) in [5.74, 6) is 1.31. The topological polar surface area (TPSA) is 41.4 Å². The third-order valence-corrected chi connectivity index (χ3v) is 6.27. The van der Waals surface area contributed by atoms with Crippen molar-refractivity contribution >= 4 is 17.2 Å². The summed E-state index contributed by atoms with van der Waals surface area (Å²) in [6.07, 6.45) is 7.17. The standard InChI is InChI=1S/C18H24N4OS/c1-14-19-6-9-22(14)16-3-2-7-21(12-16)18(23)13-20-8-4-17-15(11-20)5-10-24-17/h5-6,9-10,16H,2-4,7-8,11-13H2,1H3. The Hall–Kier alpha value is -1.66. The number of hydrogen-bond donors (Lipinski definition) is 0. The number of thiophene rings is 1. The van der Waals surface area contributed by atoms with Crippen LogP contribution in [0.2, 0.25) is 0 Å². The van der Waals surface area contributed by atoms with Gasteiger partial charge in [0.15, 0.2) is 0 Å². The van der Waals surface area contributed by atoms with Crippen LogP contribution >= 0.6 is 11.3 Å². The average Bonchev–Trinajstić information content (AvgIpc) is 3.23. The van der Waals surface area contributed by atoms with Crippen LogP contribution in [-0.2, 0) is 17.8 Å². The van der Waals surface area contributed by atoms with Crippen LogP contribution in [0.4, 0.5) is 0 Å². The second-order valence-corrected chi connectivity index (χ2v) is 7.85. The average molecular weight is 344 g/mol. The zero-order valence-electron chi connectivity index (χ0n) is 14.1. The van der Waals surface area contributed by atoms with E-state index in [2.05, 4.69) is 30.8 Å². The molecule has 0 spiro atoms. The van der Waals surface area contributed by atoms with E-state index < -0.39 is 0 Å². The molecule has 2 aromatic heterocycles. The van der Waals surface area contributed by atoms with Crippen LogP contribution in [0.3, 0.4) is 0 Å². The zero-order chi connectivity index (χ0) is 16.5. The molecule has 128 valence electrons. The van der Waals surface area contributed by atoms with Crippen LogP contribution < -0.4 is 0 Å². The van der Waals surface area contributed by atoms with E-state index in [1.54, 1.807) is 0 Å². The lowest BCUT2D eigenvalue weighted by atomic mass is 10.0. The van der Waals surface area contributed by atoms with Crippen LogP contribution in [0, 0.1) is 6.92 Å². The summed E-state index contributed by atoms with van der Waals surface area (Å²) >= 11 is 1.84. The summed E-state index contributed by atoms with van der Waals surface area (Å²) in [4.78, 5) is 22.9. The van der Waals surface area contributed by atoms with Crippen LogP contribution in [0.5, 0.6) is 0 Å². The molecule has 0 N–H and O–H groups in total. The molecule has 1 amide bonds. The smallest absolute Gasteiger partial charge is 0.236 e. The van der Waals surface area contributed by atoms with Crippen molar-refractivity contribution in [1.82, 2.24) is 19.4 Å². The monoisotopic (exact) mass is 344 g/mol. The number of carbonyl (C=O) groups excluding carboxylic acids is 1. The summed E-state index contributed by atoms with van der Waals surface area (Å²) in [5, 5.41) is 2.17. The maximum absolute atomic E-state index is 12.8. The Morgan fingerprint density at radius 2 is 2.33 bits per heavy atom. The minimum absolute atomic E-state index is 0.274. The molecule has 0 aromatic carbocycles. The predicted molar refractivity (Wildman–Crippen MR) is 95.1 cm³/mol. The Labute approximate surface area is 146 Å². The molecule has 6 heteroatoms. The van der Waals surface area contributed by atoms with Crippen LogP contribution in [0.25, 0.3) is 0 Å². The predicted octanol–water partition coefficient (Wildman–Crippen LogP) is 2.47. The van der Waals surface area contributed by atoms with E-state index in [4.69, 9.17) is 0 Å². The van der Waals surface area contributed by atoms with E-state index in [-0.39, 0.29) is 5.91 Å². The Balaban J connectivity index is 1.37. The van der Waals surface area contributed by atoms with E-state index >= 15 is 0 Å². The molecule has 2 aliphatic rings. The number of nitrogens with zero attached hydrogens (tertiary/aromatic N) is 4. The molecule has 1 unspecified atom stereocenters. The largest absolute Gasteiger partial charge is 0.340 e. The lowest BCUT2D eigenvalue weighted by Crippen LogP contribution is -2.46. The van der Waals surface area contributed by atoms with Gasteiger partial charge in [-0.05, 0) is 43.2 Å². The fourth-order valence-electron chi connectivity index (χ4n) is 3.91. The number of likely N-dealkylation sites (tertiary alicyclic amines) is 1. The van der Waals surface area contributed by atoms with Crippen molar-refractivity contribution in [3.05, 3.63) is 40.1 Å². The highest BCUT2D eigenvalue weighted by molar-refractivity contribution is 7.10. The van der Waals surface area contributed by atoms with Crippen molar-refractivity contribution in [2.24, 2.45) is 0 Å². The molecule has 1 fully saturated rings. The van der Waals surface area contributed by atoms with Gasteiger partial charge in [-0.15, -0.1) is 11.3 Å². The quantitative estimate of drug-likeness (QED) is 0.859. The highest BCUT2D eigenvalue weighted by Crippen LogP contribution is 2.25. The maximum atomic E-state index is 12.8. The SMILES string of the molecule is Cc1nccn1C1CCCN(C(=O)CN2CCc3sccc3C2)C1. The van der Waals surface area contributed by atoms with E-state index in [1.165, 1.54) is 10.4 Å². The first-order chi connectivity index (χ1) is 11.7. The lowest BCUT2D eigenvalue weighted by Gasteiger charge is -2.35. The number of imidazole rings is 1. The molecule has 0 radical (unpaired) electrons. The maximum Gasteiger partial charge on any atom is 0.236 e. The van der Waals surface area contributed by atoms with E-state index in [0.717, 1.165) is 51.3 Å². The number of piperidine rings is 1. The summed E-state index contributed by atoms with van der Waals surface area (Å²) in [6.45, 7) is 6.20. The van der Waals surface area contributed by atoms with Crippen molar-refractivity contribution in [2.75, 3.05) is 26.2 Å². The molecule has 4 heterocycles. The third-order valence-electron chi connectivity index (χ3n) is 5.25. The Bertz CT molecular complexity index is 722. The van der Waals surface area contributed by atoms with E-state index in [1.807, 2.05) is 30.7 Å². The van der Waals surface area contributed by atoms with E-state index in [9.17, 15) is 4.79 Å². The fourth-order valence-corrected chi connectivity index (χ4v) is 4.80. The van der Waals surface area contributed by atoms with Gasteiger partial charge in [-0.25, -0.2) is 4.98 Å². The summed E-state index contributed by atoms with van der Waals surface area (Å²) in [7, 11) is 0. The van der Waals surface area contributed by atoms with Gasteiger partial charge in [-0.3, -0.25) is 9.69 Å². The minimum atomic E-state index is 0.274. The normalized spacial score (nSPS) is 21.7. The first-order valence-corrected chi connectivity index (χ1v) is 9.63. The van der Waals surface area contributed by atoms with Gasteiger partial charge in [-0.2, -0.15) is 0 Å². The first kappa shape index (κ1) is 15.8. The van der Waals surface area contributed by atoms with Gasteiger partial charge in [0, 0.05) is 43.4 Å². The molecule has 1 saturated heterocycles. The molecule has 5 nitrogen and oxygen atoms in total. The summed E-state index contributed by atoms with van der Waals surface area (Å²) < 4.78 is 2.22. The van der Waals surface area contributed by atoms with Gasteiger partial charge >= 0.3 is 0 Å². The van der Waals surface area contributed by atoms with Gasteiger partial charge < -0.3 is 9.47 Å². The summed E-state index contributed by atoms with van der Waals surface area (Å²) in [5.41, 5.74) is 1.41. The second-order valence-electron chi connectivity index (χ2n) is 6.85. The Morgan fingerprint density at radius 1 is 1.42 bits per heavy atom. The molecule has 0 saturated carbocycles. The molecular weight excluding hydrogens is 320 g/mol. The molecule has 2 aliphatic heterocycles.